The third kappa shape index (κ3) is 3.67. The first-order valence-corrected chi connectivity index (χ1v) is 8.10. The lowest BCUT2D eigenvalue weighted by Gasteiger charge is -2.33. The van der Waals surface area contributed by atoms with Gasteiger partial charge in [0.05, 0.1) is 5.69 Å². The number of hydrogen-bond donors (Lipinski definition) is 2. The molecule has 1 aromatic rings. The molecule has 0 aliphatic carbocycles. The molecule has 2 aliphatic heterocycles. The molecule has 1 fully saturated rings. The van der Waals surface area contributed by atoms with Gasteiger partial charge in [0, 0.05) is 25.1 Å². The molecule has 7 nitrogen and oxygen atoms in total. The number of benzene rings is 1. The highest BCUT2D eigenvalue weighted by atomic mass is 16.5. The molecule has 128 valence electrons. The maximum Gasteiger partial charge on any atom is 0.303 e. The van der Waals surface area contributed by atoms with E-state index in [4.69, 9.17) is 9.84 Å². The van der Waals surface area contributed by atoms with Crippen molar-refractivity contribution in [2.75, 3.05) is 25.0 Å². The van der Waals surface area contributed by atoms with E-state index in [2.05, 4.69) is 5.32 Å². The van der Waals surface area contributed by atoms with Gasteiger partial charge < -0.3 is 20.1 Å². The summed E-state index contributed by atoms with van der Waals surface area (Å²) in [5.41, 5.74) is 1.09. The van der Waals surface area contributed by atoms with E-state index < -0.39 is 5.97 Å². The first kappa shape index (κ1) is 16.3. The maximum atomic E-state index is 12.7. The topological polar surface area (TPSA) is 95.9 Å². The van der Waals surface area contributed by atoms with Crippen LogP contribution in [0.25, 0.3) is 0 Å². The minimum absolute atomic E-state index is 0.0500. The van der Waals surface area contributed by atoms with E-state index in [0.717, 1.165) is 12.8 Å². The summed E-state index contributed by atoms with van der Waals surface area (Å²) in [5.74, 6) is -0.364. The Labute approximate surface area is 139 Å². The van der Waals surface area contributed by atoms with Crippen molar-refractivity contribution in [3.05, 3.63) is 23.8 Å². The molecule has 0 bridgehead atoms. The zero-order chi connectivity index (χ0) is 17.1. The van der Waals surface area contributed by atoms with Crippen LogP contribution in [-0.2, 0) is 9.59 Å². The van der Waals surface area contributed by atoms with Gasteiger partial charge >= 0.3 is 5.97 Å². The second-order valence-electron chi connectivity index (χ2n) is 6.24. The smallest absolute Gasteiger partial charge is 0.303 e. The molecule has 2 N–H and O–H groups in total. The van der Waals surface area contributed by atoms with E-state index in [9.17, 15) is 14.4 Å². The average Bonchev–Trinajstić information content (AvgIpc) is 2.59. The molecule has 1 aromatic carbocycles. The van der Waals surface area contributed by atoms with Gasteiger partial charge in [0.1, 0.15) is 5.75 Å². The minimum atomic E-state index is -0.799. The van der Waals surface area contributed by atoms with Crippen molar-refractivity contribution in [2.24, 2.45) is 5.92 Å². The lowest BCUT2D eigenvalue weighted by Crippen LogP contribution is -2.40. The van der Waals surface area contributed by atoms with E-state index in [-0.39, 0.29) is 30.8 Å². The summed E-state index contributed by atoms with van der Waals surface area (Å²) in [6.45, 7) is 1.21. The van der Waals surface area contributed by atoms with Gasteiger partial charge in [-0.3, -0.25) is 14.4 Å². The number of nitrogens with one attached hydrogen (secondary N) is 1. The zero-order valence-electron chi connectivity index (χ0n) is 13.3. The van der Waals surface area contributed by atoms with Crippen LogP contribution < -0.4 is 10.1 Å². The number of aliphatic carboxylic acids is 1. The summed E-state index contributed by atoms with van der Waals surface area (Å²) < 4.78 is 5.35. The van der Waals surface area contributed by atoms with Crippen LogP contribution in [0.15, 0.2) is 18.2 Å². The van der Waals surface area contributed by atoms with Crippen molar-refractivity contribution < 1.29 is 24.2 Å². The van der Waals surface area contributed by atoms with Gasteiger partial charge in [-0.2, -0.15) is 0 Å². The van der Waals surface area contributed by atoms with Crippen molar-refractivity contribution in [1.29, 1.82) is 0 Å². The predicted octanol–water partition coefficient (Wildman–Crippen LogP) is 1.73. The average molecular weight is 332 g/mol. The Hall–Kier alpha value is -2.57. The normalized spacial score (nSPS) is 19.9. The Morgan fingerprint density at radius 1 is 1.38 bits per heavy atom. The molecule has 0 radical (unpaired) electrons. The Balaban J connectivity index is 1.67. The van der Waals surface area contributed by atoms with E-state index in [1.54, 1.807) is 23.1 Å². The molecule has 2 amide bonds. The molecular formula is C17H20N2O5. The van der Waals surface area contributed by atoms with Crippen LogP contribution in [-0.4, -0.2) is 47.5 Å². The van der Waals surface area contributed by atoms with Gasteiger partial charge in [-0.15, -0.1) is 0 Å². The maximum absolute atomic E-state index is 12.7. The van der Waals surface area contributed by atoms with Gasteiger partial charge in [-0.05, 0) is 43.4 Å². The predicted molar refractivity (Wildman–Crippen MR) is 86.1 cm³/mol. The molecule has 0 spiro atoms. The van der Waals surface area contributed by atoms with Crippen LogP contribution in [0.5, 0.6) is 5.75 Å². The molecule has 1 saturated heterocycles. The molecule has 1 atom stereocenters. The fourth-order valence-electron chi connectivity index (χ4n) is 3.20. The zero-order valence-corrected chi connectivity index (χ0v) is 13.3. The molecule has 1 unspecified atom stereocenters. The van der Waals surface area contributed by atoms with Crippen LogP contribution in [0.1, 0.15) is 36.0 Å². The number of carbonyl (C=O) groups is 3. The number of nitrogens with zero attached hydrogens (tertiary/aromatic N) is 1. The number of hydrogen-bond acceptors (Lipinski definition) is 4. The summed E-state index contributed by atoms with van der Waals surface area (Å²) in [6.07, 6.45) is 2.57. The number of amides is 2. The summed E-state index contributed by atoms with van der Waals surface area (Å²) in [5, 5.41) is 11.5. The number of carbonyl (C=O) groups excluding carboxylic acids is 2. The molecule has 2 heterocycles. The van der Waals surface area contributed by atoms with E-state index >= 15 is 0 Å². The second kappa shape index (κ2) is 6.90. The lowest BCUT2D eigenvalue weighted by atomic mass is 9.93. The number of fused-ring (bicyclic) bond motifs is 1. The van der Waals surface area contributed by atoms with Crippen LogP contribution in [0, 0.1) is 5.92 Å². The molecule has 0 saturated carbocycles. The monoisotopic (exact) mass is 332 g/mol. The second-order valence-corrected chi connectivity index (χ2v) is 6.24. The highest BCUT2D eigenvalue weighted by molar-refractivity contribution is 5.99. The fourth-order valence-corrected chi connectivity index (χ4v) is 3.20. The molecule has 7 heteroatoms. The fraction of sp³-hybridized carbons (Fsp3) is 0.471. The first-order valence-electron chi connectivity index (χ1n) is 8.10. The third-order valence-corrected chi connectivity index (χ3v) is 4.43. The largest absolute Gasteiger partial charge is 0.482 e. The number of anilines is 1. The molecular weight excluding hydrogens is 312 g/mol. The molecule has 2 aliphatic rings. The Morgan fingerprint density at radius 3 is 3.00 bits per heavy atom. The quantitative estimate of drug-likeness (QED) is 0.875. The summed E-state index contributed by atoms with van der Waals surface area (Å²) in [7, 11) is 0. The van der Waals surface area contributed by atoms with Gasteiger partial charge in [0.25, 0.3) is 11.8 Å². The standard InChI is InChI=1S/C17H20N2O5/c20-15-10-24-14-8-12(4-5-13(14)18-15)17(23)19-7-1-2-11(9-19)3-6-16(21)22/h4-5,8,11H,1-3,6-7,9-10H2,(H,18,20)(H,21,22). The van der Waals surface area contributed by atoms with Crippen LogP contribution >= 0.6 is 0 Å². The van der Waals surface area contributed by atoms with Crippen molar-refractivity contribution in [3.8, 4) is 5.75 Å². The number of carboxylic acid groups (broad SMARTS) is 1. The number of ether oxygens (including phenoxy) is 1. The van der Waals surface area contributed by atoms with Crippen LogP contribution in [0.4, 0.5) is 5.69 Å². The van der Waals surface area contributed by atoms with Crippen LogP contribution in [0.3, 0.4) is 0 Å². The summed E-state index contributed by atoms with van der Waals surface area (Å²) in [4.78, 5) is 36.5. The molecule has 0 aromatic heterocycles. The van der Waals surface area contributed by atoms with Crippen molar-refractivity contribution in [3.63, 3.8) is 0 Å². The number of carboxylic acids is 1. The van der Waals surface area contributed by atoms with Gasteiger partial charge in [-0.25, -0.2) is 0 Å². The van der Waals surface area contributed by atoms with E-state index in [0.29, 0.717) is 36.5 Å². The van der Waals surface area contributed by atoms with Crippen molar-refractivity contribution in [2.45, 2.75) is 25.7 Å². The third-order valence-electron chi connectivity index (χ3n) is 4.43. The lowest BCUT2D eigenvalue weighted by molar-refractivity contribution is -0.137. The Morgan fingerprint density at radius 2 is 2.21 bits per heavy atom. The Kier molecular flexibility index (Phi) is 4.69. The summed E-state index contributed by atoms with van der Waals surface area (Å²) >= 11 is 0. The highest BCUT2D eigenvalue weighted by Crippen LogP contribution is 2.30. The molecule has 3 rings (SSSR count). The van der Waals surface area contributed by atoms with Gasteiger partial charge in [0.2, 0.25) is 0 Å². The summed E-state index contributed by atoms with van der Waals surface area (Å²) in [6, 6.07) is 5.00. The number of likely N-dealkylation sites (tertiary alicyclic amines) is 1. The van der Waals surface area contributed by atoms with Gasteiger partial charge in [-0.1, -0.05) is 0 Å². The van der Waals surface area contributed by atoms with Crippen LogP contribution in [0.2, 0.25) is 0 Å². The Bertz CT molecular complexity index is 673. The van der Waals surface area contributed by atoms with Crippen molar-refractivity contribution in [1.82, 2.24) is 4.90 Å². The minimum Gasteiger partial charge on any atom is -0.482 e. The van der Waals surface area contributed by atoms with Gasteiger partial charge in [0.15, 0.2) is 6.61 Å². The van der Waals surface area contributed by atoms with E-state index in [1.165, 1.54) is 0 Å². The van der Waals surface area contributed by atoms with Crippen molar-refractivity contribution >= 4 is 23.5 Å². The van der Waals surface area contributed by atoms with E-state index in [1.807, 2.05) is 0 Å². The first-order chi connectivity index (χ1) is 11.5. The number of piperidine rings is 1. The number of rotatable bonds is 4. The highest BCUT2D eigenvalue weighted by Gasteiger charge is 2.26. The molecule has 24 heavy (non-hydrogen) atoms. The SMILES string of the molecule is O=C(O)CCC1CCCN(C(=O)c2ccc3c(c2)OCC(=O)N3)C1.